The summed E-state index contributed by atoms with van der Waals surface area (Å²) in [7, 11) is 0. The van der Waals surface area contributed by atoms with Crippen molar-refractivity contribution in [3.63, 3.8) is 0 Å². The minimum Gasteiger partial charge on any atom is -0.356 e. The van der Waals surface area contributed by atoms with Crippen molar-refractivity contribution in [2.45, 2.75) is 39.5 Å². The van der Waals surface area contributed by atoms with Gasteiger partial charge in [-0.05, 0) is 12.8 Å². The topological polar surface area (TPSA) is 29.0 Å². The molecular weight excluding hydrogens is 222 g/mol. The van der Waals surface area contributed by atoms with Crippen molar-refractivity contribution >= 4 is 17.4 Å². The maximum Gasteiger partial charge on any atom is 0.134 e. The third-order valence-corrected chi connectivity index (χ3v) is 2.71. The number of rotatable bonds is 7. The van der Waals surface area contributed by atoms with E-state index >= 15 is 0 Å². The lowest BCUT2D eigenvalue weighted by Crippen LogP contribution is -2.26. The molecular formula is C12H20ClN3. The normalized spacial score (nSPS) is 10.4. The van der Waals surface area contributed by atoms with Crippen LogP contribution in [0.2, 0.25) is 5.15 Å². The highest BCUT2D eigenvalue weighted by atomic mass is 35.5. The fraction of sp³-hybridized carbons (Fsp3) is 0.667. The first-order valence-electron chi connectivity index (χ1n) is 6.00. The highest BCUT2D eigenvalue weighted by molar-refractivity contribution is 6.29. The Hall–Kier alpha value is -0.830. The molecule has 0 fully saturated rings. The van der Waals surface area contributed by atoms with Crippen molar-refractivity contribution in [2.75, 3.05) is 18.0 Å². The maximum absolute atomic E-state index is 5.88. The smallest absolute Gasteiger partial charge is 0.134 e. The molecule has 16 heavy (non-hydrogen) atoms. The fourth-order valence-electron chi connectivity index (χ4n) is 1.54. The predicted octanol–water partition coefficient (Wildman–Crippen LogP) is 3.54. The number of unbranched alkanes of at least 4 members (excludes halogenated alkanes) is 2. The summed E-state index contributed by atoms with van der Waals surface area (Å²) in [5.74, 6) is 0.946. The second-order valence-electron chi connectivity index (χ2n) is 3.89. The molecule has 0 aliphatic heterocycles. The zero-order chi connectivity index (χ0) is 11.8. The van der Waals surface area contributed by atoms with E-state index in [2.05, 4.69) is 28.7 Å². The van der Waals surface area contributed by atoms with Crippen molar-refractivity contribution in [2.24, 2.45) is 0 Å². The molecule has 0 saturated carbocycles. The van der Waals surface area contributed by atoms with Crippen LogP contribution in [0, 0.1) is 0 Å². The van der Waals surface area contributed by atoms with Gasteiger partial charge in [0.1, 0.15) is 17.3 Å². The Morgan fingerprint density at radius 2 is 1.75 bits per heavy atom. The third kappa shape index (κ3) is 4.35. The lowest BCUT2D eigenvalue weighted by molar-refractivity contribution is 0.670. The van der Waals surface area contributed by atoms with Crippen molar-refractivity contribution in [1.82, 2.24) is 9.97 Å². The average Bonchev–Trinajstić information content (AvgIpc) is 2.29. The summed E-state index contributed by atoms with van der Waals surface area (Å²) in [6, 6.07) is 1.84. The molecule has 0 amide bonds. The molecule has 0 N–H and O–H groups in total. The van der Waals surface area contributed by atoms with Crippen molar-refractivity contribution < 1.29 is 0 Å². The zero-order valence-corrected chi connectivity index (χ0v) is 10.9. The number of halogens is 1. The summed E-state index contributed by atoms with van der Waals surface area (Å²) in [4.78, 5) is 10.5. The Morgan fingerprint density at radius 3 is 2.25 bits per heavy atom. The summed E-state index contributed by atoms with van der Waals surface area (Å²) < 4.78 is 0. The van der Waals surface area contributed by atoms with E-state index in [4.69, 9.17) is 11.6 Å². The van der Waals surface area contributed by atoms with Gasteiger partial charge in [0.15, 0.2) is 0 Å². The molecule has 0 atom stereocenters. The van der Waals surface area contributed by atoms with Gasteiger partial charge in [0.2, 0.25) is 0 Å². The van der Waals surface area contributed by atoms with Crippen LogP contribution >= 0.6 is 11.6 Å². The molecule has 1 aromatic rings. The summed E-state index contributed by atoms with van der Waals surface area (Å²) in [6.07, 6.45) is 6.29. The van der Waals surface area contributed by atoms with Gasteiger partial charge >= 0.3 is 0 Å². The molecule has 0 aliphatic carbocycles. The molecule has 1 heterocycles. The van der Waals surface area contributed by atoms with Crippen LogP contribution in [-0.4, -0.2) is 23.1 Å². The van der Waals surface area contributed by atoms with E-state index in [0.717, 1.165) is 18.9 Å². The minimum atomic E-state index is 0.517. The number of anilines is 1. The molecule has 0 radical (unpaired) electrons. The van der Waals surface area contributed by atoms with Crippen LogP contribution in [-0.2, 0) is 0 Å². The first-order valence-corrected chi connectivity index (χ1v) is 6.38. The zero-order valence-electron chi connectivity index (χ0n) is 10.1. The van der Waals surface area contributed by atoms with Crippen molar-refractivity contribution in [3.05, 3.63) is 17.5 Å². The molecule has 90 valence electrons. The van der Waals surface area contributed by atoms with E-state index < -0.39 is 0 Å². The van der Waals surface area contributed by atoms with Crippen LogP contribution < -0.4 is 4.90 Å². The lowest BCUT2D eigenvalue weighted by Gasteiger charge is -2.23. The first-order chi connectivity index (χ1) is 7.77. The number of aromatic nitrogens is 2. The van der Waals surface area contributed by atoms with Crippen LogP contribution in [0.15, 0.2) is 12.4 Å². The standard InChI is InChI=1S/C12H20ClN3/c1-3-5-7-16(8-6-4-2)12-9-11(13)14-10-15-12/h9-10H,3-8H2,1-2H3. The van der Waals surface area contributed by atoms with Crippen LogP contribution in [0.1, 0.15) is 39.5 Å². The number of hydrogen-bond donors (Lipinski definition) is 0. The van der Waals surface area contributed by atoms with Gasteiger partial charge in [-0.15, -0.1) is 0 Å². The Balaban J connectivity index is 2.66. The monoisotopic (exact) mass is 241 g/mol. The summed E-state index contributed by atoms with van der Waals surface area (Å²) in [5.41, 5.74) is 0. The van der Waals surface area contributed by atoms with Crippen LogP contribution in [0.4, 0.5) is 5.82 Å². The largest absolute Gasteiger partial charge is 0.356 e. The Bertz CT molecular complexity index is 296. The van der Waals surface area contributed by atoms with Gasteiger partial charge in [0, 0.05) is 19.2 Å². The molecule has 0 unspecified atom stereocenters. The second-order valence-corrected chi connectivity index (χ2v) is 4.28. The van der Waals surface area contributed by atoms with E-state index in [1.54, 1.807) is 0 Å². The quantitative estimate of drug-likeness (QED) is 0.684. The van der Waals surface area contributed by atoms with Gasteiger partial charge in [-0.3, -0.25) is 0 Å². The molecule has 0 bridgehead atoms. The third-order valence-electron chi connectivity index (χ3n) is 2.51. The van der Waals surface area contributed by atoms with E-state index in [-0.39, 0.29) is 0 Å². The van der Waals surface area contributed by atoms with Gasteiger partial charge in [-0.25, -0.2) is 9.97 Å². The van der Waals surface area contributed by atoms with Gasteiger partial charge in [0.25, 0.3) is 0 Å². The highest BCUT2D eigenvalue weighted by Crippen LogP contribution is 2.15. The molecule has 1 rings (SSSR count). The van der Waals surface area contributed by atoms with Gasteiger partial charge in [0.05, 0.1) is 0 Å². The summed E-state index contributed by atoms with van der Waals surface area (Å²) >= 11 is 5.88. The SMILES string of the molecule is CCCCN(CCCC)c1cc(Cl)ncn1. The van der Waals surface area contributed by atoms with Crippen LogP contribution in [0.25, 0.3) is 0 Å². The fourth-order valence-corrected chi connectivity index (χ4v) is 1.68. The average molecular weight is 242 g/mol. The molecule has 0 saturated heterocycles. The van der Waals surface area contributed by atoms with Crippen molar-refractivity contribution in [3.8, 4) is 0 Å². The van der Waals surface area contributed by atoms with E-state index in [1.807, 2.05) is 6.07 Å². The predicted molar refractivity (Wildman–Crippen MR) is 69.1 cm³/mol. The summed E-state index contributed by atoms with van der Waals surface area (Å²) in [5, 5.41) is 0.517. The van der Waals surface area contributed by atoms with Gasteiger partial charge in [-0.2, -0.15) is 0 Å². The molecule has 0 aromatic carbocycles. The maximum atomic E-state index is 5.88. The van der Waals surface area contributed by atoms with E-state index in [1.165, 1.54) is 32.0 Å². The van der Waals surface area contributed by atoms with Crippen LogP contribution in [0.5, 0.6) is 0 Å². The molecule has 1 aromatic heterocycles. The first kappa shape index (κ1) is 13.2. The molecule has 4 heteroatoms. The van der Waals surface area contributed by atoms with Gasteiger partial charge < -0.3 is 4.90 Å². The minimum absolute atomic E-state index is 0.517. The van der Waals surface area contributed by atoms with Gasteiger partial charge in [-0.1, -0.05) is 38.3 Å². The second kappa shape index (κ2) is 7.44. The summed E-state index contributed by atoms with van der Waals surface area (Å²) in [6.45, 7) is 6.49. The number of hydrogen-bond acceptors (Lipinski definition) is 3. The Kier molecular flexibility index (Phi) is 6.16. The molecule has 0 aliphatic rings. The highest BCUT2D eigenvalue weighted by Gasteiger charge is 2.07. The number of nitrogens with zero attached hydrogens (tertiary/aromatic N) is 3. The lowest BCUT2D eigenvalue weighted by atomic mass is 10.2. The van der Waals surface area contributed by atoms with E-state index in [9.17, 15) is 0 Å². The van der Waals surface area contributed by atoms with E-state index in [0.29, 0.717) is 5.15 Å². The molecule has 0 spiro atoms. The molecule has 3 nitrogen and oxygen atoms in total. The van der Waals surface area contributed by atoms with Crippen LogP contribution in [0.3, 0.4) is 0 Å². The Morgan fingerprint density at radius 1 is 1.12 bits per heavy atom. The van der Waals surface area contributed by atoms with Crippen molar-refractivity contribution in [1.29, 1.82) is 0 Å². The Labute approximate surface area is 103 Å².